The zero-order valence-electron chi connectivity index (χ0n) is 12.5. The van der Waals surface area contributed by atoms with E-state index in [1.165, 1.54) is 25.7 Å². The fraction of sp³-hybridized carbons (Fsp3) is 0.562. The van der Waals surface area contributed by atoms with E-state index in [4.69, 9.17) is 16.6 Å². The molecule has 2 aromatic rings. The van der Waals surface area contributed by atoms with Crippen molar-refractivity contribution >= 4 is 23.1 Å². The van der Waals surface area contributed by atoms with Crippen molar-refractivity contribution in [3.63, 3.8) is 0 Å². The van der Waals surface area contributed by atoms with E-state index in [9.17, 15) is 0 Å². The van der Waals surface area contributed by atoms with Crippen molar-refractivity contribution in [3.05, 3.63) is 30.1 Å². The fourth-order valence-corrected chi connectivity index (χ4v) is 2.68. The molecule has 0 atom stereocenters. The number of halogens is 1. The fourth-order valence-electron chi connectivity index (χ4n) is 2.43. The highest BCUT2D eigenvalue weighted by Crippen LogP contribution is 2.24. The third-order valence-electron chi connectivity index (χ3n) is 3.60. The number of aromatic nitrogens is 2. The molecule has 2 aromatic heterocycles. The standard InChI is InChI=1S/C16H24ClN3/c1-3-5-10-19(11-6-4-2)16-14(13-17)20-12-8-7-9-15(20)18-16/h7-9,12H,3-6,10-11,13H2,1-2H3. The van der Waals surface area contributed by atoms with Gasteiger partial charge in [0.05, 0.1) is 11.6 Å². The van der Waals surface area contributed by atoms with Crippen molar-refractivity contribution in [2.45, 2.75) is 45.4 Å². The monoisotopic (exact) mass is 293 g/mol. The summed E-state index contributed by atoms with van der Waals surface area (Å²) in [5.74, 6) is 1.56. The largest absolute Gasteiger partial charge is 0.355 e. The molecule has 0 aromatic carbocycles. The van der Waals surface area contributed by atoms with E-state index in [-0.39, 0.29) is 0 Å². The normalized spacial score (nSPS) is 11.2. The van der Waals surface area contributed by atoms with Crippen LogP contribution in [-0.4, -0.2) is 22.5 Å². The zero-order chi connectivity index (χ0) is 14.4. The van der Waals surface area contributed by atoms with Crippen LogP contribution in [0.1, 0.15) is 45.2 Å². The Kier molecular flexibility index (Phi) is 5.72. The first-order chi connectivity index (χ1) is 9.81. The summed E-state index contributed by atoms with van der Waals surface area (Å²) in [4.78, 5) is 7.19. The van der Waals surface area contributed by atoms with Gasteiger partial charge in [-0.3, -0.25) is 0 Å². The minimum absolute atomic E-state index is 0.495. The second-order valence-electron chi connectivity index (χ2n) is 5.14. The van der Waals surface area contributed by atoms with Gasteiger partial charge in [0.1, 0.15) is 5.65 Å². The van der Waals surface area contributed by atoms with E-state index >= 15 is 0 Å². The van der Waals surface area contributed by atoms with Crippen LogP contribution >= 0.6 is 11.6 Å². The van der Waals surface area contributed by atoms with E-state index in [0.717, 1.165) is 30.2 Å². The number of alkyl halides is 1. The molecule has 4 heteroatoms. The van der Waals surface area contributed by atoms with E-state index in [1.807, 2.05) is 24.4 Å². The summed E-state index contributed by atoms with van der Waals surface area (Å²) in [6, 6.07) is 6.08. The molecule has 0 aliphatic rings. The summed E-state index contributed by atoms with van der Waals surface area (Å²) >= 11 is 6.18. The maximum atomic E-state index is 6.18. The van der Waals surface area contributed by atoms with Crippen molar-refractivity contribution in [2.24, 2.45) is 0 Å². The molecular formula is C16H24ClN3. The molecule has 110 valence electrons. The second-order valence-corrected chi connectivity index (χ2v) is 5.41. The number of unbranched alkanes of at least 4 members (excludes halogenated alkanes) is 2. The highest BCUT2D eigenvalue weighted by atomic mass is 35.5. The summed E-state index contributed by atoms with van der Waals surface area (Å²) in [6.45, 7) is 6.57. The Bertz CT molecular complexity index is 528. The van der Waals surface area contributed by atoms with Crippen molar-refractivity contribution in [1.82, 2.24) is 9.38 Å². The Morgan fingerprint density at radius 3 is 2.45 bits per heavy atom. The molecule has 0 bridgehead atoms. The van der Waals surface area contributed by atoms with Gasteiger partial charge in [-0.25, -0.2) is 4.98 Å². The number of hydrogen-bond acceptors (Lipinski definition) is 2. The quantitative estimate of drug-likeness (QED) is 0.669. The smallest absolute Gasteiger partial charge is 0.152 e. The molecule has 2 heterocycles. The van der Waals surface area contributed by atoms with Gasteiger partial charge in [0.25, 0.3) is 0 Å². The van der Waals surface area contributed by atoms with E-state index in [1.54, 1.807) is 0 Å². The molecule has 20 heavy (non-hydrogen) atoms. The molecule has 0 saturated carbocycles. The number of fused-ring (bicyclic) bond motifs is 1. The number of hydrogen-bond donors (Lipinski definition) is 0. The van der Waals surface area contributed by atoms with Gasteiger partial charge in [0.2, 0.25) is 0 Å². The van der Waals surface area contributed by atoms with Crippen LogP contribution in [0.15, 0.2) is 24.4 Å². The van der Waals surface area contributed by atoms with Crippen molar-refractivity contribution < 1.29 is 0 Å². The molecule has 0 amide bonds. The Labute approximate surface area is 126 Å². The van der Waals surface area contributed by atoms with Gasteiger partial charge in [0, 0.05) is 19.3 Å². The van der Waals surface area contributed by atoms with Gasteiger partial charge in [-0.15, -0.1) is 11.6 Å². The van der Waals surface area contributed by atoms with Crippen molar-refractivity contribution in [2.75, 3.05) is 18.0 Å². The maximum Gasteiger partial charge on any atom is 0.152 e. The molecule has 0 aliphatic carbocycles. The van der Waals surface area contributed by atoms with Crippen LogP contribution in [0.4, 0.5) is 5.82 Å². The molecule has 0 N–H and O–H groups in total. The first-order valence-electron chi connectivity index (χ1n) is 7.58. The van der Waals surface area contributed by atoms with Crippen LogP contribution in [0.2, 0.25) is 0 Å². The molecule has 2 rings (SSSR count). The van der Waals surface area contributed by atoms with Gasteiger partial charge in [-0.1, -0.05) is 32.8 Å². The molecule has 0 unspecified atom stereocenters. The lowest BCUT2D eigenvalue weighted by Crippen LogP contribution is -2.27. The Hall–Kier alpha value is -1.22. The SMILES string of the molecule is CCCCN(CCCC)c1nc2ccccn2c1CCl. The van der Waals surface area contributed by atoms with Gasteiger partial charge in [-0.2, -0.15) is 0 Å². The number of rotatable bonds is 8. The maximum absolute atomic E-state index is 6.18. The molecule has 0 aliphatic heterocycles. The minimum Gasteiger partial charge on any atom is -0.355 e. The Balaban J connectivity index is 2.35. The lowest BCUT2D eigenvalue weighted by Gasteiger charge is -2.23. The van der Waals surface area contributed by atoms with E-state index in [2.05, 4.69) is 23.1 Å². The predicted octanol–water partition coefficient (Wildman–Crippen LogP) is 4.48. The van der Waals surface area contributed by atoms with Gasteiger partial charge in [-0.05, 0) is 25.0 Å². The first kappa shape index (κ1) is 15.2. The predicted molar refractivity (Wildman–Crippen MR) is 86.8 cm³/mol. The molecule has 3 nitrogen and oxygen atoms in total. The van der Waals surface area contributed by atoms with Gasteiger partial charge >= 0.3 is 0 Å². The lowest BCUT2D eigenvalue weighted by atomic mass is 10.2. The lowest BCUT2D eigenvalue weighted by molar-refractivity contribution is 0.671. The van der Waals surface area contributed by atoms with Crippen LogP contribution in [-0.2, 0) is 5.88 Å². The summed E-state index contributed by atoms with van der Waals surface area (Å²) in [5.41, 5.74) is 2.09. The summed E-state index contributed by atoms with van der Waals surface area (Å²) in [6.07, 6.45) is 6.83. The minimum atomic E-state index is 0.495. The van der Waals surface area contributed by atoms with Crippen molar-refractivity contribution in [1.29, 1.82) is 0 Å². The van der Waals surface area contributed by atoms with Gasteiger partial charge in [0.15, 0.2) is 5.82 Å². The van der Waals surface area contributed by atoms with Crippen LogP contribution in [0.3, 0.4) is 0 Å². The van der Waals surface area contributed by atoms with Crippen molar-refractivity contribution in [3.8, 4) is 0 Å². The third kappa shape index (κ3) is 3.26. The second kappa shape index (κ2) is 7.53. The Morgan fingerprint density at radius 1 is 1.15 bits per heavy atom. The summed E-state index contributed by atoms with van der Waals surface area (Å²) in [7, 11) is 0. The van der Waals surface area contributed by atoms with Crippen LogP contribution in [0, 0.1) is 0 Å². The number of nitrogens with zero attached hydrogens (tertiary/aromatic N) is 3. The zero-order valence-corrected chi connectivity index (χ0v) is 13.2. The number of anilines is 1. The van der Waals surface area contributed by atoms with E-state index < -0.39 is 0 Å². The molecule has 0 saturated heterocycles. The average molecular weight is 294 g/mol. The molecular weight excluding hydrogens is 270 g/mol. The molecule has 0 fully saturated rings. The Morgan fingerprint density at radius 2 is 1.85 bits per heavy atom. The molecule has 0 spiro atoms. The van der Waals surface area contributed by atoms with E-state index in [0.29, 0.717) is 5.88 Å². The number of pyridine rings is 1. The topological polar surface area (TPSA) is 20.5 Å². The average Bonchev–Trinajstić information content (AvgIpc) is 2.85. The summed E-state index contributed by atoms with van der Waals surface area (Å²) < 4.78 is 2.10. The highest BCUT2D eigenvalue weighted by molar-refractivity contribution is 6.17. The third-order valence-corrected chi connectivity index (χ3v) is 3.85. The first-order valence-corrected chi connectivity index (χ1v) is 8.12. The van der Waals surface area contributed by atoms with Crippen LogP contribution in [0.5, 0.6) is 0 Å². The number of imidazole rings is 1. The van der Waals surface area contributed by atoms with Crippen LogP contribution < -0.4 is 4.90 Å². The van der Waals surface area contributed by atoms with Gasteiger partial charge < -0.3 is 9.30 Å². The molecule has 0 radical (unpaired) electrons. The summed E-state index contributed by atoms with van der Waals surface area (Å²) in [5, 5.41) is 0. The highest BCUT2D eigenvalue weighted by Gasteiger charge is 2.16. The van der Waals surface area contributed by atoms with Crippen LogP contribution in [0.25, 0.3) is 5.65 Å².